The van der Waals surface area contributed by atoms with E-state index in [1.807, 2.05) is 0 Å². The lowest BCUT2D eigenvalue weighted by Gasteiger charge is -2.06. The van der Waals surface area contributed by atoms with Crippen molar-refractivity contribution < 1.29 is 14.6 Å². The first-order chi connectivity index (χ1) is 7.54. The summed E-state index contributed by atoms with van der Waals surface area (Å²) in [5.41, 5.74) is 0.352. The van der Waals surface area contributed by atoms with Crippen molar-refractivity contribution in [1.82, 2.24) is 0 Å². The molecule has 0 saturated heterocycles. The number of esters is 1. The van der Waals surface area contributed by atoms with Gasteiger partial charge in [0.2, 0.25) is 0 Å². The Morgan fingerprint density at radius 3 is 2.81 bits per heavy atom. The molecule has 1 unspecified atom stereocenters. The average molecular weight is 261 g/mol. The zero-order valence-corrected chi connectivity index (χ0v) is 10.6. The summed E-state index contributed by atoms with van der Waals surface area (Å²) in [7, 11) is 1.31. The van der Waals surface area contributed by atoms with Gasteiger partial charge in [-0.1, -0.05) is 11.6 Å². The van der Waals surface area contributed by atoms with Crippen molar-refractivity contribution in [3.63, 3.8) is 0 Å². The fraction of sp³-hybridized carbons (Fsp3) is 0.364. The first-order valence-corrected chi connectivity index (χ1v) is 6.09. The zero-order chi connectivity index (χ0) is 12.1. The third kappa shape index (κ3) is 3.70. The van der Waals surface area contributed by atoms with Gasteiger partial charge in [0.1, 0.15) is 0 Å². The molecule has 5 heteroatoms. The van der Waals surface area contributed by atoms with Crippen LogP contribution in [0.1, 0.15) is 17.3 Å². The van der Waals surface area contributed by atoms with Gasteiger partial charge in [0.25, 0.3) is 0 Å². The summed E-state index contributed by atoms with van der Waals surface area (Å²) < 4.78 is 4.58. The number of aliphatic hydroxyl groups is 1. The summed E-state index contributed by atoms with van der Waals surface area (Å²) in [5, 5.41) is 9.50. The predicted molar refractivity (Wildman–Crippen MR) is 65.2 cm³/mol. The van der Waals surface area contributed by atoms with Crippen molar-refractivity contribution in [2.45, 2.75) is 17.9 Å². The van der Waals surface area contributed by atoms with Gasteiger partial charge in [0, 0.05) is 10.6 Å². The van der Waals surface area contributed by atoms with Crippen LogP contribution >= 0.6 is 23.4 Å². The van der Waals surface area contributed by atoms with Gasteiger partial charge < -0.3 is 9.84 Å². The Morgan fingerprint density at radius 1 is 1.62 bits per heavy atom. The molecular weight excluding hydrogens is 248 g/mol. The first-order valence-electron chi connectivity index (χ1n) is 4.73. The topological polar surface area (TPSA) is 46.5 Å². The highest BCUT2D eigenvalue weighted by Gasteiger charge is 2.11. The summed E-state index contributed by atoms with van der Waals surface area (Å²) >= 11 is 7.43. The highest BCUT2D eigenvalue weighted by Crippen LogP contribution is 2.25. The van der Waals surface area contributed by atoms with E-state index >= 15 is 0 Å². The number of hydrogen-bond donors (Lipinski definition) is 1. The predicted octanol–water partition coefficient (Wildman–Crippen LogP) is 2.60. The second-order valence-electron chi connectivity index (χ2n) is 3.29. The average Bonchev–Trinajstić information content (AvgIpc) is 2.25. The van der Waals surface area contributed by atoms with E-state index in [9.17, 15) is 4.79 Å². The van der Waals surface area contributed by atoms with Crippen molar-refractivity contribution in [3.05, 3.63) is 28.8 Å². The molecule has 0 fully saturated rings. The van der Waals surface area contributed by atoms with E-state index < -0.39 is 5.97 Å². The summed E-state index contributed by atoms with van der Waals surface area (Å²) in [4.78, 5) is 12.2. The Kier molecular flexibility index (Phi) is 5.12. The lowest BCUT2D eigenvalue weighted by Crippen LogP contribution is -2.03. The van der Waals surface area contributed by atoms with Crippen LogP contribution in [-0.2, 0) is 4.74 Å². The molecule has 0 spiro atoms. The summed E-state index contributed by atoms with van der Waals surface area (Å²) in [6, 6.07) is 5.10. The van der Waals surface area contributed by atoms with E-state index in [-0.39, 0.29) is 6.10 Å². The Hall–Kier alpha value is -0.710. The molecule has 0 saturated carbocycles. The van der Waals surface area contributed by atoms with Crippen molar-refractivity contribution >= 4 is 29.3 Å². The summed E-state index contributed by atoms with van der Waals surface area (Å²) in [6.07, 6.45) is -0.371. The van der Waals surface area contributed by atoms with Crippen LogP contribution in [0.3, 0.4) is 0 Å². The van der Waals surface area contributed by atoms with Crippen LogP contribution in [0.15, 0.2) is 23.1 Å². The number of carbonyl (C=O) groups excluding carboxylic acids is 1. The number of rotatable bonds is 4. The molecule has 0 radical (unpaired) electrons. The van der Waals surface area contributed by atoms with Gasteiger partial charge in [0.05, 0.1) is 23.8 Å². The Balaban J connectivity index is 2.78. The van der Waals surface area contributed by atoms with Crippen LogP contribution in [0.4, 0.5) is 0 Å². The van der Waals surface area contributed by atoms with Gasteiger partial charge >= 0.3 is 5.97 Å². The number of thioether (sulfide) groups is 1. The fourth-order valence-electron chi connectivity index (χ4n) is 1.08. The standard InChI is InChI=1S/C11H13ClO3S/c1-7(13)6-16-8-3-4-9(10(12)5-8)11(14)15-2/h3-5,7,13H,6H2,1-2H3. The number of hydrogen-bond acceptors (Lipinski definition) is 4. The van der Waals surface area contributed by atoms with Gasteiger partial charge in [-0.15, -0.1) is 11.8 Å². The molecule has 3 nitrogen and oxygen atoms in total. The third-order valence-corrected chi connectivity index (χ3v) is 3.39. The minimum Gasteiger partial charge on any atom is -0.465 e. The summed E-state index contributed by atoms with van der Waals surface area (Å²) in [6.45, 7) is 1.72. The number of methoxy groups -OCH3 is 1. The molecule has 0 aliphatic heterocycles. The molecule has 0 heterocycles. The Bertz CT molecular complexity index is 379. The Labute approximate surface area is 104 Å². The fourth-order valence-corrected chi connectivity index (χ4v) is 2.20. The van der Waals surface area contributed by atoms with Crippen molar-refractivity contribution in [3.8, 4) is 0 Å². The molecule has 0 aliphatic rings. The van der Waals surface area contributed by atoms with Crippen LogP contribution in [0.2, 0.25) is 5.02 Å². The number of aliphatic hydroxyl groups excluding tert-OH is 1. The van der Waals surface area contributed by atoms with Crippen molar-refractivity contribution in [2.75, 3.05) is 12.9 Å². The van der Waals surface area contributed by atoms with Crippen LogP contribution in [-0.4, -0.2) is 30.0 Å². The highest BCUT2D eigenvalue weighted by molar-refractivity contribution is 7.99. The van der Waals surface area contributed by atoms with E-state index in [4.69, 9.17) is 16.7 Å². The molecule has 1 rings (SSSR count). The smallest absolute Gasteiger partial charge is 0.339 e. The molecule has 0 amide bonds. The number of carbonyl (C=O) groups is 1. The first kappa shape index (κ1) is 13.4. The van der Waals surface area contributed by atoms with Crippen molar-refractivity contribution in [2.24, 2.45) is 0 Å². The maximum Gasteiger partial charge on any atom is 0.339 e. The zero-order valence-electron chi connectivity index (χ0n) is 9.07. The van der Waals surface area contributed by atoms with Gasteiger partial charge in [-0.3, -0.25) is 0 Å². The minimum absolute atomic E-state index is 0.352. The van der Waals surface area contributed by atoms with Crippen LogP contribution in [0.25, 0.3) is 0 Å². The van der Waals surface area contributed by atoms with Crippen LogP contribution in [0, 0.1) is 0 Å². The lowest BCUT2D eigenvalue weighted by molar-refractivity contribution is 0.0601. The lowest BCUT2D eigenvalue weighted by atomic mass is 10.2. The normalized spacial score (nSPS) is 12.2. The van der Waals surface area contributed by atoms with Crippen LogP contribution in [0.5, 0.6) is 0 Å². The SMILES string of the molecule is COC(=O)c1ccc(SCC(C)O)cc1Cl. The quantitative estimate of drug-likeness (QED) is 0.668. The molecule has 0 aliphatic carbocycles. The molecule has 88 valence electrons. The van der Waals surface area contributed by atoms with Gasteiger partial charge in [0.15, 0.2) is 0 Å². The molecule has 1 aromatic rings. The van der Waals surface area contributed by atoms with E-state index in [2.05, 4.69) is 4.74 Å². The Morgan fingerprint density at radius 2 is 2.31 bits per heavy atom. The molecule has 1 N–H and O–H groups in total. The molecule has 0 aromatic heterocycles. The van der Waals surface area contributed by atoms with Gasteiger partial charge in [-0.2, -0.15) is 0 Å². The second kappa shape index (κ2) is 6.13. The van der Waals surface area contributed by atoms with E-state index in [1.165, 1.54) is 18.9 Å². The molecule has 1 atom stereocenters. The molecule has 0 bridgehead atoms. The third-order valence-electron chi connectivity index (χ3n) is 1.84. The molecular formula is C11H13ClO3S. The van der Waals surface area contributed by atoms with E-state index in [0.717, 1.165) is 4.90 Å². The van der Waals surface area contributed by atoms with Gasteiger partial charge in [-0.25, -0.2) is 4.79 Å². The number of benzene rings is 1. The maximum absolute atomic E-state index is 11.3. The number of halogens is 1. The van der Waals surface area contributed by atoms with E-state index in [0.29, 0.717) is 16.3 Å². The largest absolute Gasteiger partial charge is 0.465 e. The van der Waals surface area contributed by atoms with Gasteiger partial charge in [-0.05, 0) is 25.1 Å². The molecule has 1 aromatic carbocycles. The maximum atomic E-state index is 11.3. The van der Waals surface area contributed by atoms with E-state index in [1.54, 1.807) is 25.1 Å². The van der Waals surface area contributed by atoms with Crippen LogP contribution < -0.4 is 0 Å². The number of ether oxygens (including phenoxy) is 1. The second-order valence-corrected chi connectivity index (χ2v) is 4.79. The highest BCUT2D eigenvalue weighted by atomic mass is 35.5. The van der Waals surface area contributed by atoms with Crippen molar-refractivity contribution in [1.29, 1.82) is 0 Å². The monoisotopic (exact) mass is 260 g/mol. The summed E-state index contributed by atoms with van der Waals surface area (Å²) in [5.74, 6) is 0.144. The molecule has 16 heavy (non-hydrogen) atoms. The minimum atomic E-state index is -0.447.